The van der Waals surface area contributed by atoms with Crippen molar-refractivity contribution in [3.05, 3.63) is 101 Å². The van der Waals surface area contributed by atoms with Crippen LogP contribution in [0.4, 0.5) is 4.39 Å². The Morgan fingerprint density at radius 1 is 1.04 bits per heavy atom. The number of carbonyl (C=O) groups is 1. The van der Waals surface area contributed by atoms with Crippen molar-refractivity contribution in [2.45, 2.75) is 13.5 Å². The minimum absolute atomic E-state index is 0.148. The molecule has 4 heteroatoms. The van der Waals surface area contributed by atoms with Crippen molar-refractivity contribution >= 4 is 11.9 Å². The molecule has 0 radical (unpaired) electrons. The minimum Gasteiger partial charge on any atom is -0.489 e. The van der Waals surface area contributed by atoms with E-state index in [-0.39, 0.29) is 18.2 Å². The summed E-state index contributed by atoms with van der Waals surface area (Å²) in [5.74, 6) is 0.871. The molecular weight excluding hydrogens is 343 g/mol. The number of ketones is 1. The molecule has 0 amide bonds. The highest BCUT2D eigenvalue weighted by Gasteiger charge is 2.27. The second kappa shape index (κ2) is 7.08. The summed E-state index contributed by atoms with van der Waals surface area (Å²) in [6, 6.07) is 19.1. The Kier molecular flexibility index (Phi) is 4.47. The van der Waals surface area contributed by atoms with E-state index >= 15 is 0 Å². The number of carbonyl (C=O) groups excluding carboxylic acids is 1. The maximum Gasteiger partial charge on any atom is 0.231 e. The van der Waals surface area contributed by atoms with E-state index in [1.807, 2.05) is 31.2 Å². The molecule has 0 saturated carbocycles. The van der Waals surface area contributed by atoms with Gasteiger partial charge in [-0.3, -0.25) is 4.79 Å². The van der Waals surface area contributed by atoms with Crippen LogP contribution < -0.4 is 9.47 Å². The van der Waals surface area contributed by atoms with Gasteiger partial charge in [0.15, 0.2) is 5.76 Å². The van der Waals surface area contributed by atoms with Gasteiger partial charge in [0.05, 0.1) is 5.56 Å². The van der Waals surface area contributed by atoms with Gasteiger partial charge >= 0.3 is 0 Å². The maximum absolute atomic E-state index is 13.2. The zero-order chi connectivity index (χ0) is 18.8. The summed E-state index contributed by atoms with van der Waals surface area (Å²) in [7, 11) is 0. The topological polar surface area (TPSA) is 35.5 Å². The molecule has 134 valence electrons. The van der Waals surface area contributed by atoms with E-state index in [4.69, 9.17) is 9.47 Å². The Bertz CT molecular complexity index is 1050. The molecule has 0 atom stereocenters. The SMILES string of the molecule is Cc1ccccc1/C=C1\Oc2cc(OCc3cccc(F)c3)ccc2C1=O. The van der Waals surface area contributed by atoms with Crippen LogP contribution in [0.25, 0.3) is 6.08 Å². The molecule has 4 rings (SSSR count). The van der Waals surface area contributed by atoms with Gasteiger partial charge in [-0.05, 0) is 54.0 Å². The second-order valence-electron chi connectivity index (χ2n) is 6.37. The predicted molar refractivity (Wildman–Crippen MR) is 101 cm³/mol. The zero-order valence-corrected chi connectivity index (χ0v) is 14.7. The summed E-state index contributed by atoms with van der Waals surface area (Å²) >= 11 is 0. The first-order valence-corrected chi connectivity index (χ1v) is 8.61. The lowest BCUT2D eigenvalue weighted by atomic mass is 10.1. The van der Waals surface area contributed by atoms with Crippen molar-refractivity contribution in [1.29, 1.82) is 0 Å². The van der Waals surface area contributed by atoms with Crippen LogP contribution in [0.3, 0.4) is 0 Å². The lowest BCUT2D eigenvalue weighted by Crippen LogP contribution is -1.98. The maximum atomic E-state index is 13.2. The number of halogens is 1. The number of rotatable bonds is 4. The van der Waals surface area contributed by atoms with Gasteiger partial charge < -0.3 is 9.47 Å². The van der Waals surface area contributed by atoms with Gasteiger partial charge in [0.1, 0.15) is 23.9 Å². The van der Waals surface area contributed by atoms with Crippen molar-refractivity contribution in [2.24, 2.45) is 0 Å². The zero-order valence-electron chi connectivity index (χ0n) is 14.7. The number of hydrogen-bond acceptors (Lipinski definition) is 3. The highest BCUT2D eigenvalue weighted by molar-refractivity contribution is 6.14. The molecule has 0 aromatic heterocycles. The van der Waals surface area contributed by atoms with E-state index in [2.05, 4.69) is 0 Å². The van der Waals surface area contributed by atoms with Crippen molar-refractivity contribution in [1.82, 2.24) is 0 Å². The summed E-state index contributed by atoms with van der Waals surface area (Å²) in [5, 5.41) is 0. The fourth-order valence-corrected chi connectivity index (χ4v) is 2.94. The number of hydrogen-bond donors (Lipinski definition) is 0. The summed E-state index contributed by atoms with van der Waals surface area (Å²) in [5.41, 5.74) is 3.24. The van der Waals surface area contributed by atoms with Crippen LogP contribution in [-0.2, 0) is 6.61 Å². The third-order valence-electron chi connectivity index (χ3n) is 4.41. The molecule has 3 aromatic carbocycles. The molecule has 0 spiro atoms. The molecule has 1 heterocycles. The highest BCUT2D eigenvalue weighted by atomic mass is 19.1. The quantitative estimate of drug-likeness (QED) is 0.590. The Hall–Kier alpha value is -3.40. The number of fused-ring (bicyclic) bond motifs is 1. The Morgan fingerprint density at radius 3 is 2.70 bits per heavy atom. The van der Waals surface area contributed by atoms with Crippen LogP contribution >= 0.6 is 0 Å². The Morgan fingerprint density at radius 2 is 1.89 bits per heavy atom. The first-order valence-electron chi connectivity index (χ1n) is 8.61. The molecule has 1 aliphatic heterocycles. The summed E-state index contributed by atoms with van der Waals surface area (Å²) < 4.78 is 24.7. The van der Waals surface area contributed by atoms with Crippen LogP contribution in [0.15, 0.2) is 72.5 Å². The Labute approximate surface area is 156 Å². The van der Waals surface area contributed by atoms with Crippen LogP contribution in [0.2, 0.25) is 0 Å². The third-order valence-corrected chi connectivity index (χ3v) is 4.41. The van der Waals surface area contributed by atoms with Gasteiger partial charge in [-0.2, -0.15) is 0 Å². The molecule has 0 fully saturated rings. The van der Waals surface area contributed by atoms with E-state index in [0.717, 1.165) is 16.7 Å². The number of ether oxygens (including phenoxy) is 2. The molecule has 3 aromatic rings. The normalized spacial score (nSPS) is 14.1. The summed E-state index contributed by atoms with van der Waals surface area (Å²) in [4.78, 5) is 12.6. The average molecular weight is 360 g/mol. The molecule has 3 nitrogen and oxygen atoms in total. The molecule has 0 bridgehead atoms. The van der Waals surface area contributed by atoms with E-state index in [9.17, 15) is 9.18 Å². The van der Waals surface area contributed by atoms with Crippen molar-refractivity contribution in [3.63, 3.8) is 0 Å². The lowest BCUT2D eigenvalue weighted by molar-refractivity contribution is 0.101. The summed E-state index contributed by atoms with van der Waals surface area (Å²) in [6.45, 7) is 2.22. The molecule has 1 aliphatic rings. The fraction of sp³-hybridized carbons (Fsp3) is 0.0870. The van der Waals surface area contributed by atoms with Gasteiger partial charge in [0.25, 0.3) is 0 Å². The third kappa shape index (κ3) is 3.60. The molecule has 0 aliphatic carbocycles. The first kappa shape index (κ1) is 17.0. The predicted octanol–water partition coefficient (Wildman–Crippen LogP) is 5.33. The highest BCUT2D eigenvalue weighted by Crippen LogP contribution is 2.35. The average Bonchev–Trinajstić information content (AvgIpc) is 2.97. The van der Waals surface area contributed by atoms with Gasteiger partial charge in [0, 0.05) is 6.07 Å². The lowest BCUT2D eigenvalue weighted by Gasteiger charge is -2.07. The van der Waals surface area contributed by atoms with Crippen LogP contribution in [0.1, 0.15) is 27.0 Å². The van der Waals surface area contributed by atoms with Crippen LogP contribution in [-0.4, -0.2) is 5.78 Å². The number of allylic oxidation sites excluding steroid dienone is 1. The molecular formula is C23H17FO3. The minimum atomic E-state index is -0.301. The van der Waals surface area contributed by atoms with Gasteiger partial charge in [0.2, 0.25) is 5.78 Å². The number of aryl methyl sites for hydroxylation is 1. The van der Waals surface area contributed by atoms with Gasteiger partial charge in [-0.15, -0.1) is 0 Å². The monoisotopic (exact) mass is 360 g/mol. The second-order valence-corrected chi connectivity index (χ2v) is 6.37. The number of Topliss-reactive ketones (excluding diaryl/α,β-unsaturated/α-hetero) is 1. The molecule has 0 saturated heterocycles. The van der Waals surface area contributed by atoms with E-state index in [0.29, 0.717) is 22.8 Å². The summed E-state index contributed by atoms with van der Waals surface area (Å²) in [6.07, 6.45) is 1.75. The standard InChI is InChI=1S/C23H17FO3/c1-15-5-2-3-7-17(15)12-22-23(25)20-10-9-19(13-21(20)27-22)26-14-16-6-4-8-18(24)11-16/h2-13H,14H2,1H3/b22-12-. The van der Waals surface area contributed by atoms with E-state index in [1.165, 1.54) is 12.1 Å². The molecule has 27 heavy (non-hydrogen) atoms. The fourth-order valence-electron chi connectivity index (χ4n) is 2.94. The van der Waals surface area contributed by atoms with Crippen LogP contribution in [0.5, 0.6) is 11.5 Å². The van der Waals surface area contributed by atoms with E-state index < -0.39 is 0 Å². The van der Waals surface area contributed by atoms with Crippen molar-refractivity contribution in [3.8, 4) is 11.5 Å². The smallest absolute Gasteiger partial charge is 0.231 e. The van der Waals surface area contributed by atoms with Gasteiger partial charge in [-0.25, -0.2) is 4.39 Å². The van der Waals surface area contributed by atoms with Crippen molar-refractivity contribution in [2.75, 3.05) is 0 Å². The van der Waals surface area contributed by atoms with Crippen molar-refractivity contribution < 1.29 is 18.7 Å². The molecule has 0 N–H and O–H groups in total. The first-order chi connectivity index (χ1) is 13.1. The largest absolute Gasteiger partial charge is 0.489 e. The van der Waals surface area contributed by atoms with Gasteiger partial charge in [-0.1, -0.05) is 36.4 Å². The Balaban J connectivity index is 1.53. The van der Waals surface area contributed by atoms with E-state index in [1.54, 1.807) is 36.4 Å². The number of benzene rings is 3. The van der Waals surface area contributed by atoms with Crippen LogP contribution in [0, 0.1) is 12.7 Å². The molecule has 0 unspecified atom stereocenters.